The van der Waals surface area contributed by atoms with Crippen LogP contribution in [0.5, 0.6) is 11.5 Å². The number of para-hydroxylation sites is 1. The third kappa shape index (κ3) is 5.08. The van der Waals surface area contributed by atoms with Gasteiger partial charge in [-0.3, -0.25) is 10.0 Å². The highest BCUT2D eigenvalue weighted by atomic mass is 32.2. The molecule has 0 aliphatic heterocycles. The van der Waals surface area contributed by atoms with Gasteiger partial charge in [-0.05, 0) is 55.5 Å². The fourth-order valence-corrected chi connectivity index (χ4v) is 5.73. The van der Waals surface area contributed by atoms with E-state index in [0.29, 0.717) is 28.2 Å². The Morgan fingerprint density at radius 1 is 0.935 bits per heavy atom. The van der Waals surface area contributed by atoms with Gasteiger partial charge in [-0.15, -0.1) is 0 Å². The lowest BCUT2D eigenvalue weighted by Gasteiger charge is -2.30. The first-order valence-electron chi connectivity index (χ1n) is 9.25. The highest BCUT2D eigenvalue weighted by molar-refractivity contribution is 8.02. The van der Waals surface area contributed by atoms with Crippen molar-refractivity contribution < 1.29 is 28.3 Å². The van der Waals surface area contributed by atoms with Crippen LogP contribution in [0.1, 0.15) is 6.92 Å². The van der Waals surface area contributed by atoms with Crippen LogP contribution in [0.2, 0.25) is 0 Å². The van der Waals surface area contributed by atoms with Crippen LogP contribution in [0, 0.1) is 0 Å². The molecule has 0 saturated carbocycles. The topological polar surface area (TPSA) is 113 Å². The molecule has 2 atom stereocenters. The lowest BCUT2D eigenvalue weighted by molar-refractivity contribution is -0.140. The fourth-order valence-electron chi connectivity index (χ4n) is 2.80. The van der Waals surface area contributed by atoms with Crippen LogP contribution >= 0.6 is 11.8 Å². The maximum absolute atomic E-state index is 13.2. The van der Waals surface area contributed by atoms with E-state index in [9.17, 15) is 18.3 Å². The number of thioether (sulfide) groups is 1. The molecule has 0 saturated heterocycles. The number of ether oxygens (including phenoxy) is 1. The Bertz CT molecular complexity index is 1120. The van der Waals surface area contributed by atoms with Crippen molar-refractivity contribution in [2.45, 2.75) is 26.9 Å². The second kappa shape index (κ2) is 9.52. The summed E-state index contributed by atoms with van der Waals surface area (Å²) in [6.45, 7) is 1.22. The molecule has 2 unspecified atom stereocenters. The van der Waals surface area contributed by atoms with Gasteiger partial charge in [-0.2, -0.15) is 0 Å². The maximum atomic E-state index is 13.2. The first-order valence-corrected chi connectivity index (χ1v) is 11.6. The van der Waals surface area contributed by atoms with Gasteiger partial charge in [-0.1, -0.05) is 48.2 Å². The summed E-state index contributed by atoms with van der Waals surface area (Å²) < 4.78 is 32.0. The normalized spacial score (nSPS) is 14.3. The maximum Gasteiger partial charge on any atom is 0.287 e. The van der Waals surface area contributed by atoms with Gasteiger partial charge in [0.1, 0.15) is 16.7 Å². The molecular formula is C22H21NO6S2. The predicted octanol–water partition coefficient (Wildman–Crippen LogP) is 3.63. The number of sulfone groups is 1. The summed E-state index contributed by atoms with van der Waals surface area (Å²) in [4.78, 5) is 10.2. The number of hydrogen-bond donors (Lipinski definition) is 3. The molecule has 1 amide bonds. The second-order valence-corrected chi connectivity index (χ2v) is 10.2. The van der Waals surface area contributed by atoms with E-state index in [2.05, 4.69) is 0 Å². The van der Waals surface area contributed by atoms with Gasteiger partial charge in [0, 0.05) is 4.90 Å². The van der Waals surface area contributed by atoms with Gasteiger partial charge in [0.15, 0.2) is 9.84 Å². The van der Waals surface area contributed by atoms with Crippen molar-refractivity contribution >= 4 is 27.5 Å². The molecule has 0 aliphatic carbocycles. The molecule has 7 nitrogen and oxygen atoms in total. The van der Waals surface area contributed by atoms with Crippen LogP contribution in [0.15, 0.2) is 94.7 Å². The Hall–Kier alpha value is -2.85. The molecule has 9 heteroatoms. The van der Waals surface area contributed by atoms with Crippen molar-refractivity contribution in [3.63, 3.8) is 0 Å². The summed E-state index contributed by atoms with van der Waals surface area (Å²) in [5, 5.41) is 18.6. The third-order valence-electron chi connectivity index (χ3n) is 4.59. The van der Waals surface area contributed by atoms with Gasteiger partial charge < -0.3 is 9.84 Å². The molecule has 0 spiro atoms. The zero-order valence-electron chi connectivity index (χ0n) is 16.5. The van der Waals surface area contributed by atoms with Crippen LogP contribution in [-0.2, 0) is 14.6 Å². The number of nitrogens with one attached hydrogen (secondary N) is 1. The summed E-state index contributed by atoms with van der Waals surface area (Å²) in [7, 11) is -4.16. The summed E-state index contributed by atoms with van der Waals surface area (Å²) in [5.74, 6) is -0.207. The number of hydrogen-bond acceptors (Lipinski definition) is 7. The van der Waals surface area contributed by atoms with Crippen molar-refractivity contribution in [1.82, 2.24) is 5.48 Å². The van der Waals surface area contributed by atoms with E-state index >= 15 is 0 Å². The van der Waals surface area contributed by atoms with E-state index in [0.717, 1.165) is 0 Å². The lowest BCUT2D eigenvalue weighted by Crippen LogP contribution is -2.53. The molecular weight excluding hydrogens is 438 g/mol. The molecule has 0 heterocycles. The number of carbonyl (C=O) groups excluding carboxylic acids is 1. The predicted molar refractivity (Wildman–Crippen MR) is 117 cm³/mol. The van der Waals surface area contributed by atoms with Crippen LogP contribution < -0.4 is 10.2 Å². The molecule has 3 aromatic rings. The van der Waals surface area contributed by atoms with Gasteiger partial charge in [0.2, 0.25) is 4.93 Å². The van der Waals surface area contributed by atoms with Crippen LogP contribution in [0.3, 0.4) is 0 Å². The van der Waals surface area contributed by atoms with E-state index in [1.807, 2.05) is 18.2 Å². The summed E-state index contributed by atoms with van der Waals surface area (Å²) in [6.07, 6.45) is 0. The Labute approximate surface area is 184 Å². The lowest BCUT2D eigenvalue weighted by atomic mass is 10.2. The van der Waals surface area contributed by atoms with Gasteiger partial charge in [0.25, 0.3) is 5.91 Å². The fraction of sp³-hybridized carbons (Fsp3) is 0.136. The molecule has 0 bridgehead atoms. The van der Waals surface area contributed by atoms with Gasteiger partial charge >= 0.3 is 0 Å². The molecule has 0 aliphatic rings. The molecule has 3 N–H and O–H groups in total. The second-order valence-electron chi connectivity index (χ2n) is 6.63. The smallest absolute Gasteiger partial charge is 0.287 e. The molecule has 3 rings (SSSR count). The highest BCUT2D eigenvalue weighted by Crippen LogP contribution is 2.38. The molecule has 3 aromatic carbocycles. The quantitative estimate of drug-likeness (QED) is 0.204. The Balaban J connectivity index is 1.88. The Morgan fingerprint density at radius 3 is 2.00 bits per heavy atom. The van der Waals surface area contributed by atoms with Gasteiger partial charge in [-0.25, -0.2) is 13.9 Å². The zero-order valence-corrected chi connectivity index (χ0v) is 18.1. The van der Waals surface area contributed by atoms with Crippen molar-refractivity contribution in [3.05, 3.63) is 84.9 Å². The molecule has 0 radical (unpaired) electrons. The van der Waals surface area contributed by atoms with E-state index < -0.39 is 25.9 Å². The first-order chi connectivity index (χ1) is 14.8. The average molecular weight is 460 g/mol. The number of hydroxylamine groups is 1. The van der Waals surface area contributed by atoms with Gasteiger partial charge in [0.05, 0.1) is 4.90 Å². The van der Waals surface area contributed by atoms with E-state index in [1.54, 1.807) is 42.5 Å². The van der Waals surface area contributed by atoms with Crippen molar-refractivity contribution in [2.75, 3.05) is 0 Å². The standard InChI is InChI=1S/C22H21NO6S2/c1-16(22(25,21(24)23-26)30-19-10-6-3-7-11-19)31(27,28)20-14-12-18(13-15-20)29-17-8-4-2-5-9-17/h2-16,25-26H,1H3,(H,23,24). The van der Waals surface area contributed by atoms with Crippen LogP contribution in [0.25, 0.3) is 0 Å². The van der Waals surface area contributed by atoms with E-state index in [-0.39, 0.29) is 4.90 Å². The monoisotopic (exact) mass is 459 g/mol. The van der Waals surface area contributed by atoms with Crippen LogP contribution in [0.4, 0.5) is 0 Å². The number of benzene rings is 3. The third-order valence-corrected chi connectivity index (χ3v) is 8.30. The number of carbonyl (C=O) groups is 1. The summed E-state index contributed by atoms with van der Waals surface area (Å²) in [6, 6.07) is 23.0. The average Bonchev–Trinajstić information content (AvgIpc) is 2.79. The van der Waals surface area contributed by atoms with E-state index in [4.69, 9.17) is 9.94 Å². The number of amides is 1. The molecule has 0 fully saturated rings. The van der Waals surface area contributed by atoms with Crippen molar-refractivity contribution in [3.8, 4) is 11.5 Å². The molecule has 162 valence electrons. The minimum Gasteiger partial charge on any atom is -0.457 e. The highest BCUT2D eigenvalue weighted by Gasteiger charge is 2.49. The van der Waals surface area contributed by atoms with E-state index in [1.165, 1.54) is 36.7 Å². The number of rotatable bonds is 8. The summed E-state index contributed by atoms with van der Waals surface area (Å²) in [5.41, 5.74) is 1.37. The van der Waals surface area contributed by atoms with Crippen molar-refractivity contribution in [2.24, 2.45) is 0 Å². The Morgan fingerprint density at radius 2 is 1.45 bits per heavy atom. The minimum atomic E-state index is -4.16. The Kier molecular flexibility index (Phi) is 7.01. The first kappa shape index (κ1) is 22.8. The minimum absolute atomic E-state index is 0.0989. The molecule has 0 aromatic heterocycles. The summed E-state index contributed by atoms with van der Waals surface area (Å²) >= 11 is 0.638. The SMILES string of the molecule is CC(C(O)(Sc1ccccc1)C(=O)NO)S(=O)(=O)c1ccc(Oc2ccccc2)cc1. The van der Waals surface area contributed by atoms with Crippen LogP contribution in [-0.4, -0.2) is 34.8 Å². The molecule has 31 heavy (non-hydrogen) atoms. The number of aliphatic hydroxyl groups is 1. The van der Waals surface area contributed by atoms with Crippen molar-refractivity contribution in [1.29, 1.82) is 0 Å². The zero-order chi connectivity index (χ0) is 22.5. The largest absolute Gasteiger partial charge is 0.457 e.